The van der Waals surface area contributed by atoms with E-state index in [-0.39, 0.29) is 19.4 Å². The summed E-state index contributed by atoms with van der Waals surface area (Å²) in [6, 6.07) is 9.47. The Bertz CT molecular complexity index is 1350. The fourth-order valence-corrected chi connectivity index (χ4v) is 4.91. The van der Waals surface area contributed by atoms with E-state index in [1.54, 1.807) is 0 Å². The van der Waals surface area contributed by atoms with Crippen LogP contribution in [-0.4, -0.2) is 33.2 Å². The summed E-state index contributed by atoms with van der Waals surface area (Å²) >= 11 is 18.8. The number of nitrogens with zero attached hydrogens (tertiary/aromatic N) is 1. The van der Waals surface area contributed by atoms with Gasteiger partial charge in [0.15, 0.2) is 6.61 Å². The molecule has 0 fully saturated rings. The van der Waals surface area contributed by atoms with Crippen molar-refractivity contribution in [1.82, 2.24) is 9.88 Å². The number of hydrogen-bond donors (Lipinski definition) is 2. The summed E-state index contributed by atoms with van der Waals surface area (Å²) in [7, 11) is 0. The van der Waals surface area contributed by atoms with E-state index in [1.807, 2.05) is 43.5 Å². The van der Waals surface area contributed by atoms with Crippen LogP contribution in [0.1, 0.15) is 35.8 Å². The number of carbonyl (C=O) groups excluding carboxylic acids is 1. The quantitative estimate of drug-likeness (QED) is 0.230. The molecule has 10 heteroatoms. The van der Waals surface area contributed by atoms with Crippen molar-refractivity contribution < 1.29 is 19.4 Å². The Labute approximate surface area is 216 Å². The SMILES string of the molecule is CCn1cc(C(=S)NCc2ccc(Cl)cc2)c(=S)c2cc(C#CCOC(=O)CCC(=O)O)sc21. The highest BCUT2D eigenvalue weighted by molar-refractivity contribution is 7.80. The number of thiocarbonyl (C=S) groups is 1. The van der Waals surface area contributed by atoms with Crippen molar-refractivity contribution in [3.63, 3.8) is 0 Å². The molecule has 0 radical (unpaired) electrons. The average molecular weight is 533 g/mol. The van der Waals surface area contributed by atoms with Crippen LogP contribution in [0.3, 0.4) is 0 Å². The number of carboxylic acids is 1. The summed E-state index contributed by atoms with van der Waals surface area (Å²) in [6.07, 6.45) is 1.52. The number of nitrogens with one attached hydrogen (secondary N) is 1. The zero-order chi connectivity index (χ0) is 24.7. The highest BCUT2D eigenvalue weighted by atomic mass is 35.5. The number of aromatic nitrogens is 1. The first-order chi connectivity index (χ1) is 16.3. The number of esters is 1. The van der Waals surface area contributed by atoms with Gasteiger partial charge in [-0.2, -0.15) is 0 Å². The minimum absolute atomic E-state index is 0.106. The average Bonchev–Trinajstić information content (AvgIpc) is 3.25. The third kappa shape index (κ3) is 6.87. The van der Waals surface area contributed by atoms with Gasteiger partial charge in [0.25, 0.3) is 0 Å². The summed E-state index contributed by atoms with van der Waals surface area (Å²) in [5.41, 5.74) is 1.83. The second kappa shape index (κ2) is 12.1. The van der Waals surface area contributed by atoms with Gasteiger partial charge in [-0.15, -0.1) is 11.3 Å². The summed E-state index contributed by atoms with van der Waals surface area (Å²) in [5.74, 6) is 4.15. The lowest BCUT2D eigenvalue weighted by Gasteiger charge is -2.12. The number of carboxylic acid groups (broad SMARTS) is 1. The minimum atomic E-state index is -1.05. The number of thiophene rings is 1. The van der Waals surface area contributed by atoms with Gasteiger partial charge in [0.05, 0.1) is 22.2 Å². The molecule has 0 amide bonds. The van der Waals surface area contributed by atoms with Gasteiger partial charge in [0.2, 0.25) is 0 Å². The number of aryl methyl sites for hydroxylation is 1. The molecule has 0 bridgehead atoms. The molecule has 3 aromatic rings. The van der Waals surface area contributed by atoms with Gasteiger partial charge in [-0.3, -0.25) is 9.59 Å². The number of pyridine rings is 1. The van der Waals surface area contributed by atoms with E-state index in [0.717, 1.165) is 32.8 Å². The molecule has 2 N–H and O–H groups in total. The van der Waals surface area contributed by atoms with E-state index in [0.29, 0.717) is 21.1 Å². The lowest BCUT2D eigenvalue weighted by molar-refractivity contribution is -0.146. The zero-order valence-electron chi connectivity index (χ0n) is 18.2. The third-order valence-corrected chi connectivity index (χ3v) is 6.90. The van der Waals surface area contributed by atoms with Crippen molar-refractivity contribution >= 4 is 74.5 Å². The fraction of sp³-hybridized carbons (Fsp3) is 0.250. The maximum Gasteiger partial charge on any atom is 0.307 e. The van der Waals surface area contributed by atoms with Crippen LogP contribution >= 0.6 is 47.4 Å². The second-order valence-electron chi connectivity index (χ2n) is 7.15. The summed E-state index contributed by atoms with van der Waals surface area (Å²) in [4.78, 5) is 24.3. The molecule has 6 nitrogen and oxygen atoms in total. The first kappa shape index (κ1) is 25.8. The number of hydrogen-bond acceptors (Lipinski definition) is 6. The van der Waals surface area contributed by atoms with Gasteiger partial charge >= 0.3 is 11.9 Å². The van der Waals surface area contributed by atoms with Gasteiger partial charge in [-0.25, -0.2) is 0 Å². The second-order valence-corrected chi connectivity index (χ2v) is 9.44. The highest BCUT2D eigenvalue weighted by Crippen LogP contribution is 2.28. The van der Waals surface area contributed by atoms with Crippen LogP contribution in [0.25, 0.3) is 10.2 Å². The zero-order valence-corrected chi connectivity index (χ0v) is 21.4. The maximum atomic E-state index is 11.5. The molecule has 176 valence electrons. The van der Waals surface area contributed by atoms with Crippen molar-refractivity contribution in [3.05, 3.63) is 62.1 Å². The van der Waals surface area contributed by atoms with Gasteiger partial charge < -0.3 is 19.7 Å². The van der Waals surface area contributed by atoms with E-state index in [2.05, 4.69) is 21.7 Å². The molecular formula is C24H21ClN2O4S3. The van der Waals surface area contributed by atoms with Crippen molar-refractivity contribution in [1.29, 1.82) is 0 Å². The van der Waals surface area contributed by atoms with Crippen LogP contribution in [0.2, 0.25) is 5.02 Å². The number of carbonyl (C=O) groups is 2. The molecule has 0 spiro atoms. The summed E-state index contributed by atoms with van der Waals surface area (Å²) in [5, 5.41) is 13.4. The monoisotopic (exact) mass is 532 g/mol. The minimum Gasteiger partial charge on any atom is -0.481 e. The molecule has 0 saturated carbocycles. The number of fused-ring (bicyclic) bond motifs is 1. The van der Waals surface area contributed by atoms with E-state index in [1.165, 1.54) is 11.3 Å². The number of rotatable bonds is 8. The van der Waals surface area contributed by atoms with Crippen molar-refractivity contribution in [3.8, 4) is 11.8 Å². The molecule has 0 saturated heterocycles. The smallest absolute Gasteiger partial charge is 0.307 e. The Hall–Kier alpha value is -2.77. The van der Waals surface area contributed by atoms with E-state index >= 15 is 0 Å². The predicted molar refractivity (Wildman–Crippen MR) is 141 cm³/mol. The first-order valence-corrected chi connectivity index (χ1v) is 12.4. The van der Waals surface area contributed by atoms with Crippen LogP contribution in [0.15, 0.2) is 36.5 Å². The Kier molecular flexibility index (Phi) is 9.19. The number of halogens is 1. The van der Waals surface area contributed by atoms with Gasteiger partial charge in [-0.1, -0.05) is 60.0 Å². The molecule has 2 aromatic heterocycles. The molecule has 1 aromatic carbocycles. The maximum absolute atomic E-state index is 11.5. The Balaban J connectivity index is 1.75. The molecule has 0 atom stereocenters. The predicted octanol–water partition coefficient (Wildman–Crippen LogP) is 5.33. The van der Waals surface area contributed by atoms with Crippen LogP contribution in [0, 0.1) is 16.4 Å². The van der Waals surface area contributed by atoms with Gasteiger partial charge in [0, 0.05) is 35.3 Å². The molecule has 0 aliphatic carbocycles. The summed E-state index contributed by atoms with van der Waals surface area (Å²) in [6.45, 7) is 3.22. The lowest BCUT2D eigenvalue weighted by Crippen LogP contribution is -2.22. The fourth-order valence-electron chi connectivity index (χ4n) is 3.03. The van der Waals surface area contributed by atoms with Crippen LogP contribution in [0.4, 0.5) is 0 Å². The Morgan fingerprint density at radius 2 is 2.00 bits per heavy atom. The molecule has 0 aliphatic rings. The number of ether oxygens (including phenoxy) is 1. The van der Waals surface area contributed by atoms with E-state index < -0.39 is 11.9 Å². The number of benzene rings is 1. The van der Waals surface area contributed by atoms with Crippen LogP contribution in [-0.2, 0) is 27.4 Å². The molecule has 34 heavy (non-hydrogen) atoms. The van der Waals surface area contributed by atoms with E-state index in [4.69, 9.17) is 45.9 Å². The van der Waals surface area contributed by atoms with Crippen molar-refractivity contribution in [2.24, 2.45) is 0 Å². The molecule has 0 unspecified atom stereocenters. The first-order valence-electron chi connectivity index (χ1n) is 10.3. The third-order valence-electron chi connectivity index (χ3n) is 4.76. The van der Waals surface area contributed by atoms with Crippen LogP contribution in [0.5, 0.6) is 0 Å². The topological polar surface area (TPSA) is 80.6 Å². The van der Waals surface area contributed by atoms with Gasteiger partial charge in [-0.05, 0) is 30.7 Å². The largest absolute Gasteiger partial charge is 0.481 e. The van der Waals surface area contributed by atoms with Crippen LogP contribution < -0.4 is 5.32 Å². The number of aliphatic carboxylic acids is 1. The normalized spacial score (nSPS) is 10.4. The van der Waals surface area contributed by atoms with E-state index in [9.17, 15) is 9.59 Å². The van der Waals surface area contributed by atoms with Gasteiger partial charge in [0.1, 0.15) is 9.82 Å². The Morgan fingerprint density at radius 1 is 1.26 bits per heavy atom. The molecular weight excluding hydrogens is 512 g/mol. The molecule has 3 rings (SSSR count). The summed E-state index contributed by atoms with van der Waals surface area (Å²) < 4.78 is 7.68. The lowest BCUT2D eigenvalue weighted by atomic mass is 10.2. The Morgan fingerprint density at radius 3 is 2.68 bits per heavy atom. The van der Waals surface area contributed by atoms with Crippen molar-refractivity contribution in [2.45, 2.75) is 32.9 Å². The molecule has 0 aliphatic heterocycles. The standard InChI is InChI=1S/C24H21ClN2O4S3/c1-2-27-14-19(23(33)26-13-15-5-7-16(25)8-6-15)22(32)18-12-17(34-24(18)27)4-3-11-31-21(30)10-9-20(28)29/h5-8,12,14H,2,9-11,13H2,1H3,(H,26,33)(H,28,29). The molecule has 2 heterocycles. The highest BCUT2D eigenvalue weighted by Gasteiger charge is 2.13. The van der Waals surface area contributed by atoms with Crippen molar-refractivity contribution in [2.75, 3.05) is 6.61 Å².